The number of phenols is 1. The Hall–Kier alpha value is -3.33. The number of esters is 1. The number of amides is 1. The summed E-state index contributed by atoms with van der Waals surface area (Å²) in [5, 5.41) is 19.7. The van der Waals surface area contributed by atoms with Crippen molar-refractivity contribution in [1.82, 2.24) is 15.2 Å². The van der Waals surface area contributed by atoms with Crippen LogP contribution in [0, 0.1) is 0 Å². The highest BCUT2D eigenvalue weighted by molar-refractivity contribution is 7.99. The second kappa shape index (κ2) is 8.37. The van der Waals surface area contributed by atoms with Gasteiger partial charge in [-0.05, 0) is 36.4 Å². The van der Waals surface area contributed by atoms with Gasteiger partial charge in [-0.2, -0.15) is 0 Å². The van der Waals surface area contributed by atoms with Gasteiger partial charge >= 0.3 is 5.97 Å². The van der Waals surface area contributed by atoms with E-state index in [2.05, 4.69) is 25.2 Å². The lowest BCUT2D eigenvalue weighted by atomic mass is 10.2. The van der Waals surface area contributed by atoms with E-state index in [0.717, 1.165) is 11.8 Å². The number of aromatic amines is 1. The lowest BCUT2D eigenvalue weighted by Crippen LogP contribution is -2.14. The van der Waals surface area contributed by atoms with E-state index in [-0.39, 0.29) is 17.4 Å². The minimum atomic E-state index is -0.437. The molecule has 3 rings (SSSR count). The predicted octanol–water partition coefficient (Wildman–Crippen LogP) is 2.69. The number of benzene rings is 2. The second-order valence-corrected chi connectivity index (χ2v) is 6.33. The smallest absolute Gasteiger partial charge is 0.337 e. The molecule has 2 aromatic carbocycles. The van der Waals surface area contributed by atoms with E-state index in [1.807, 2.05) is 0 Å². The van der Waals surface area contributed by atoms with Gasteiger partial charge in [0.15, 0.2) is 5.82 Å². The van der Waals surface area contributed by atoms with Crippen LogP contribution in [0.2, 0.25) is 0 Å². The van der Waals surface area contributed by atoms with Crippen molar-refractivity contribution in [2.45, 2.75) is 5.16 Å². The molecule has 0 aliphatic rings. The molecule has 3 aromatic rings. The number of para-hydroxylation sites is 1. The van der Waals surface area contributed by atoms with Crippen molar-refractivity contribution in [1.29, 1.82) is 0 Å². The zero-order chi connectivity index (χ0) is 19.2. The van der Waals surface area contributed by atoms with Crippen molar-refractivity contribution in [2.24, 2.45) is 0 Å². The Labute approximate surface area is 159 Å². The Bertz CT molecular complexity index is 956. The number of H-pyrrole nitrogens is 1. The van der Waals surface area contributed by atoms with Crippen molar-refractivity contribution in [2.75, 3.05) is 18.2 Å². The number of aromatic nitrogens is 3. The molecule has 0 spiro atoms. The Morgan fingerprint density at radius 2 is 1.93 bits per heavy atom. The fraction of sp³-hybridized carbons (Fsp3) is 0.111. The predicted molar refractivity (Wildman–Crippen MR) is 101 cm³/mol. The van der Waals surface area contributed by atoms with Crippen LogP contribution in [0.3, 0.4) is 0 Å². The average Bonchev–Trinajstić information content (AvgIpc) is 3.15. The molecule has 1 aromatic heterocycles. The number of hydrogen-bond acceptors (Lipinski definition) is 7. The van der Waals surface area contributed by atoms with Crippen LogP contribution in [0.5, 0.6) is 5.75 Å². The SMILES string of the molecule is COC(=O)c1ccc(NC(=O)CSc2n[nH]c(-c3ccccc3O)n2)cc1. The van der Waals surface area contributed by atoms with E-state index in [1.165, 1.54) is 7.11 Å². The van der Waals surface area contributed by atoms with Crippen LogP contribution in [-0.4, -0.2) is 45.0 Å². The Morgan fingerprint density at radius 3 is 2.63 bits per heavy atom. The van der Waals surface area contributed by atoms with Crippen LogP contribution in [0.1, 0.15) is 10.4 Å². The Morgan fingerprint density at radius 1 is 1.19 bits per heavy atom. The quantitative estimate of drug-likeness (QED) is 0.442. The molecule has 1 heterocycles. The zero-order valence-corrected chi connectivity index (χ0v) is 15.1. The minimum Gasteiger partial charge on any atom is -0.507 e. The van der Waals surface area contributed by atoms with Gasteiger partial charge in [-0.15, -0.1) is 5.10 Å². The largest absolute Gasteiger partial charge is 0.507 e. The molecule has 0 aliphatic carbocycles. The maximum atomic E-state index is 12.1. The Kier molecular flexibility index (Phi) is 5.72. The fourth-order valence-corrected chi connectivity index (χ4v) is 2.84. The molecule has 0 aliphatic heterocycles. The van der Waals surface area contributed by atoms with Gasteiger partial charge in [0, 0.05) is 5.69 Å². The van der Waals surface area contributed by atoms with Gasteiger partial charge in [-0.1, -0.05) is 23.9 Å². The normalized spacial score (nSPS) is 10.4. The van der Waals surface area contributed by atoms with E-state index in [9.17, 15) is 14.7 Å². The summed E-state index contributed by atoms with van der Waals surface area (Å²) < 4.78 is 4.62. The van der Waals surface area contributed by atoms with Gasteiger partial charge in [-0.25, -0.2) is 9.78 Å². The first-order valence-electron chi connectivity index (χ1n) is 7.88. The molecule has 0 fully saturated rings. The van der Waals surface area contributed by atoms with Crippen molar-refractivity contribution >= 4 is 29.3 Å². The zero-order valence-electron chi connectivity index (χ0n) is 14.3. The van der Waals surface area contributed by atoms with Gasteiger partial charge in [0.1, 0.15) is 5.75 Å². The first-order valence-corrected chi connectivity index (χ1v) is 8.87. The highest BCUT2D eigenvalue weighted by atomic mass is 32.2. The maximum Gasteiger partial charge on any atom is 0.337 e. The number of phenolic OH excluding ortho intramolecular Hbond substituents is 1. The molecule has 0 bridgehead atoms. The molecule has 0 unspecified atom stereocenters. The number of hydrogen-bond donors (Lipinski definition) is 3. The Balaban J connectivity index is 1.55. The molecule has 8 nitrogen and oxygen atoms in total. The molecule has 0 saturated carbocycles. The number of methoxy groups -OCH3 is 1. The van der Waals surface area contributed by atoms with E-state index in [1.54, 1.807) is 48.5 Å². The second-order valence-electron chi connectivity index (χ2n) is 5.39. The number of carbonyl (C=O) groups is 2. The van der Waals surface area contributed by atoms with Gasteiger partial charge in [-0.3, -0.25) is 9.89 Å². The first kappa shape index (κ1) is 18.5. The molecular formula is C18H16N4O4S. The topological polar surface area (TPSA) is 117 Å². The van der Waals surface area contributed by atoms with Crippen LogP contribution in [0.25, 0.3) is 11.4 Å². The molecule has 3 N–H and O–H groups in total. The molecule has 9 heteroatoms. The summed E-state index contributed by atoms with van der Waals surface area (Å²) in [6, 6.07) is 13.2. The number of aromatic hydroxyl groups is 1. The summed E-state index contributed by atoms with van der Waals surface area (Å²) in [6.45, 7) is 0. The van der Waals surface area contributed by atoms with Crippen molar-refractivity contribution in [3.05, 3.63) is 54.1 Å². The summed E-state index contributed by atoms with van der Waals surface area (Å²) in [5.74, 6) is -0.0441. The lowest BCUT2D eigenvalue weighted by molar-refractivity contribution is -0.113. The monoisotopic (exact) mass is 384 g/mol. The number of nitrogens with zero attached hydrogens (tertiary/aromatic N) is 2. The first-order chi connectivity index (χ1) is 13.1. The number of nitrogens with one attached hydrogen (secondary N) is 2. The average molecular weight is 384 g/mol. The minimum absolute atomic E-state index is 0.0957. The van der Waals surface area contributed by atoms with Crippen LogP contribution in [-0.2, 0) is 9.53 Å². The molecule has 0 saturated heterocycles. The fourth-order valence-electron chi connectivity index (χ4n) is 2.24. The number of carbonyl (C=O) groups excluding carboxylic acids is 2. The van der Waals surface area contributed by atoms with Crippen LogP contribution >= 0.6 is 11.8 Å². The summed E-state index contributed by atoms with van der Waals surface area (Å²) in [7, 11) is 1.31. The van der Waals surface area contributed by atoms with Crippen LogP contribution < -0.4 is 5.32 Å². The molecule has 0 radical (unpaired) electrons. The number of thioether (sulfide) groups is 1. The third-order valence-corrected chi connectivity index (χ3v) is 4.39. The third kappa shape index (κ3) is 4.64. The van der Waals surface area contributed by atoms with Crippen LogP contribution in [0.4, 0.5) is 5.69 Å². The van der Waals surface area contributed by atoms with Crippen LogP contribution in [0.15, 0.2) is 53.7 Å². The highest BCUT2D eigenvalue weighted by Crippen LogP contribution is 2.26. The van der Waals surface area contributed by atoms with Gasteiger partial charge in [0.2, 0.25) is 11.1 Å². The van der Waals surface area contributed by atoms with Crippen molar-refractivity contribution < 1.29 is 19.4 Å². The number of ether oxygens (including phenoxy) is 1. The lowest BCUT2D eigenvalue weighted by Gasteiger charge is -2.05. The molecule has 138 valence electrons. The summed E-state index contributed by atoms with van der Waals surface area (Å²) in [6.07, 6.45) is 0. The summed E-state index contributed by atoms with van der Waals surface area (Å²) >= 11 is 1.16. The van der Waals surface area contributed by atoms with E-state index in [4.69, 9.17) is 0 Å². The number of anilines is 1. The van der Waals surface area contributed by atoms with Gasteiger partial charge in [0.05, 0.1) is 24.0 Å². The molecular weight excluding hydrogens is 368 g/mol. The molecule has 0 atom stereocenters. The highest BCUT2D eigenvalue weighted by Gasteiger charge is 2.12. The standard InChI is InChI=1S/C18H16N4O4S/c1-26-17(25)11-6-8-12(9-7-11)19-15(24)10-27-18-20-16(21-22-18)13-4-2-3-5-14(13)23/h2-9,23H,10H2,1H3,(H,19,24)(H,20,21,22). The summed E-state index contributed by atoms with van der Waals surface area (Å²) in [4.78, 5) is 27.7. The number of rotatable bonds is 6. The molecule has 27 heavy (non-hydrogen) atoms. The van der Waals surface area contributed by atoms with E-state index < -0.39 is 5.97 Å². The van der Waals surface area contributed by atoms with Gasteiger partial charge in [0.25, 0.3) is 0 Å². The van der Waals surface area contributed by atoms with E-state index in [0.29, 0.717) is 27.8 Å². The maximum absolute atomic E-state index is 12.1. The van der Waals surface area contributed by atoms with E-state index >= 15 is 0 Å². The van der Waals surface area contributed by atoms with Gasteiger partial charge < -0.3 is 15.2 Å². The van der Waals surface area contributed by atoms with Crippen molar-refractivity contribution in [3.63, 3.8) is 0 Å². The summed E-state index contributed by atoms with van der Waals surface area (Å²) in [5.41, 5.74) is 1.51. The molecule has 1 amide bonds. The third-order valence-electron chi connectivity index (χ3n) is 3.55. The van der Waals surface area contributed by atoms with Crippen molar-refractivity contribution in [3.8, 4) is 17.1 Å².